The lowest BCUT2D eigenvalue weighted by molar-refractivity contribution is 0.251. The summed E-state index contributed by atoms with van der Waals surface area (Å²) in [6, 6.07) is 0. The van der Waals surface area contributed by atoms with Crippen LogP contribution in [0.3, 0.4) is 0 Å². The molecule has 0 spiro atoms. The summed E-state index contributed by atoms with van der Waals surface area (Å²) < 4.78 is 0. The standard InChI is InChI=1S/C11H20N4O/c1-5-11(4,6-7-16)13-10-12-8(2)9(3)14-15-10/h16H,5-7H2,1-4H3,(H,12,13,15). The van der Waals surface area contributed by atoms with Gasteiger partial charge in [0.25, 0.3) is 0 Å². The van der Waals surface area contributed by atoms with Crippen LogP contribution in [0.2, 0.25) is 0 Å². The molecule has 1 heterocycles. The summed E-state index contributed by atoms with van der Waals surface area (Å²) in [7, 11) is 0. The highest BCUT2D eigenvalue weighted by Crippen LogP contribution is 2.19. The van der Waals surface area contributed by atoms with Gasteiger partial charge in [-0.15, -0.1) is 5.10 Å². The number of nitrogens with zero attached hydrogens (tertiary/aromatic N) is 3. The fraction of sp³-hybridized carbons (Fsp3) is 0.727. The van der Waals surface area contributed by atoms with Crippen LogP contribution < -0.4 is 5.32 Å². The molecular formula is C11H20N4O. The van der Waals surface area contributed by atoms with E-state index in [1.165, 1.54) is 0 Å². The molecule has 1 unspecified atom stereocenters. The van der Waals surface area contributed by atoms with E-state index in [4.69, 9.17) is 5.11 Å². The predicted octanol–water partition coefficient (Wildman–Crippen LogP) is 1.45. The maximum atomic E-state index is 9.01. The van der Waals surface area contributed by atoms with Gasteiger partial charge in [-0.25, -0.2) is 4.98 Å². The third kappa shape index (κ3) is 3.13. The van der Waals surface area contributed by atoms with Crippen LogP contribution in [-0.2, 0) is 0 Å². The quantitative estimate of drug-likeness (QED) is 0.792. The van der Waals surface area contributed by atoms with Crippen LogP contribution in [0.15, 0.2) is 0 Å². The molecule has 90 valence electrons. The molecule has 0 aromatic carbocycles. The average molecular weight is 224 g/mol. The van der Waals surface area contributed by atoms with Crippen molar-refractivity contribution in [2.75, 3.05) is 11.9 Å². The van der Waals surface area contributed by atoms with Crippen molar-refractivity contribution in [1.29, 1.82) is 0 Å². The molecule has 1 aromatic heterocycles. The van der Waals surface area contributed by atoms with Crippen molar-refractivity contribution in [3.8, 4) is 0 Å². The number of nitrogens with one attached hydrogen (secondary N) is 1. The summed E-state index contributed by atoms with van der Waals surface area (Å²) in [5, 5.41) is 20.3. The van der Waals surface area contributed by atoms with Crippen LogP contribution >= 0.6 is 0 Å². The molecule has 0 saturated carbocycles. The number of aliphatic hydroxyl groups excluding tert-OH is 1. The Hall–Kier alpha value is -1.23. The van der Waals surface area contributed by atoms with Crippen molar-refractivity contribution in [2.45, 2.75) is 46.1 Å². The van der Waals surface area contributed by atoms with E-state index < -0.39 is 0 Å². The van der Waals surface area contributed by atoms with E-state index in [1.807, 2.05) is 20.8 Å². The Labute approximate surface area is 96.3 Å². The van der Waals surface area contributed by atoms with Gasteiger partial charge in [0.15, 0.2) is 0 Å². The monoisotopic (exact) mass is 224 g/mol. The summed E-state index contributed by atoms with van der Waals surface area (Å²) in [6.45, 7) is 8.05. The number of rotatable bonds is 5. The SMILES string of the molecule is CCC(C)(CCO)Nc1nnc(C)c(C)n1. The van der Waals surface area contributed by atoms with Crippen molar-refractivity contribution in [3.05, 3.63) is 11.4 Å². The summed E-state index contributed by atoms with van der Waals surface area (Å²) >= 11 is 0. The first kappa shape index (κ1) is 12.8. The van der Waals surface area contributed by atoms with Crippen LogP contribution in [0, 0.1) is 13.8 Å². The van der Waals surface area contributed by atoms with Crippen LogP contribution in [0.1, 0.15) is 38.1 Å². The van der Waals surface area contributed by atoms with Crippen molar-refractivity contribution < 1.29 is 5.11 Å². The van der Waals surface area contributed by atoms with Gasteiger partial charge >= 0.3 is 0 Å². The molecule has 0 aliphatic carbocycles. The molecule has 5 heteroatoms. The molecule has 1 atom stereocenters. The molecule has 0 aliphatic rings. The Morgan fingerprint density at radius 2 is 1.94 bits per heavy atom. The Kier molecular flexibility index (Phi) is 4.18. The molecule has 0 amide bonds. The van der Waals surface area contributed by atoms with Gasteiger partial charge in [-0.05, 0) is 33.6 Å². The van der Waals surface area contributed by atoms with E-state index in [-0.39, 0.29) is 12.1 Å². The molecule has 5 nitrogen and oxygen atoms in total. The fourth-order valence-corrected chi connectivity index (χ4v) is 1.35. The first-order valence-electron chi connectivity index (χ1n) is 5.57. The van der Waals surface area contributed by atoms with E-state index in [0.717, 1.165) is 17.8 Å². The van der Waals surface area contributed by atoms with Gasteiger partial charge in [-0.3, -0.25) is 0 Å². The largest absolute Gasteiger partial charge is 0.396 e. The highest BCUT2D eigenvalue weighted by molar-refractivity contribution is 5.28. The lowest BCUT2D eigenvalue weighted by Gasteiger charge is -2.28. The van der Waals surface area contributed by atoms with E-state index in [2.05, 4.69) is 27.4 Å². The Balaban J connectivity index is 2.81. The number of anilines is 1. The highest BCUT2D eigenvalue weighted by Gasteiger charge is 2.22. The molecular weight excluding hydrogens is 204 g/mol. The van der Waals surface area contributed by atoms with Gasteiger partial charge in [0.1, 0.15) is 0 Å². The van der Waals surface area contributed by atoms with Gasteiger partial charge in [0.2, 0.25) is 5.95 Å². The van der Waals surface area contributed by atoms with Gasteiger partial charge in [-0.2, -0.15) is 5.10 Å². The normalized spacial score (nSPS) is 14.6. The fourth-order valence-electron chi connectivity index (χ4n) is 1.35. The van der Waals surface area contributed by atoms with Crippen molar-refractivity contribution in [1.82, 2.24) is 15.2 Å². The predicted molar refractivity (Wildman–Crippen MR) is 63.3 cm³/mol. The average Bonchev–Trinajstić information content (AvgIpc) is 2.24. The van der Waals surface area contributed by atoms with Crippen LogP contribution in [-0.4, -0.2) is 32.4 Å². The first-order valence-corrected chi connectivity index (χ1v) is 5.57. The minimum absolute atomic E-state index is 0.148. The zero-order chi connectivity index (χ0) is 12.2. The lowest BCUT2D eigenvalue weighted by atomic mass is 9.95. The topological polar surface area (TPSA) is 70.9 Å². The Morgan fingerprint density at radius 1 is 1.25 bits per heavy atom. The van der Waals surface area contributed by atoms with Crippen LogP contribution in [0.4, 0.5) is 5.95 Å². The van der Waals surface area contributed by atoms with Gasteiger partial charge in [0, 0.05) is 12.1 Å². The number of aromatic nitrogens is 3. The van der Waals surface area contributed by atoms with Crippen LogP contribution in [0.25, 0.3) is 0 Å². The molecule has 2 N–H and O–H groups in total. The minimum Gasteiger partial charge on any atom is -0.396 e. The molecule has 0 bridgehead atoms. The smallest absolute Gasteiger partial charge is 0.243 e. The third-order valence-electron chi connectivity index (χ3n) is 2.95. The van der Waals surface area contributed by atoms with E-state index in [9.17, 15) is 0 Å². The number of aliphatic hydroxyl groups is 1. The molecule has 1 rings (SSSR count). The Bertz CT molecular complexity index is 356. The van der Waals surface area contributed by atoms with E-state index in [1.54, 1.807) is 0 Å². The number of aryl methyl sites for hydroxylation is 2. The molecule has 16 heavy (non-hydrogen) atoms. The third-order valence-corrected chi connectivity index (χ3v) is 2.95. The molecule has 1 aromatic rings. The molecule has 0 radical (unpaired) electrons. The van der Waals surface area contributed by atoms with Crippen molar-refractivity contribution in [2.24, 2.45) is 0 Å². The number of hydrogen-bond acceptors (Lipinski definition) is 5. The number of hydrogen-bond donors (Lipinski definition) is 2. The van der Waals surface area contributed by atoms with Gasteiger partial charge in [-0.1, -0.05) is 6.92 Å². The van der Waals surface area contributed by atoms with Gasteiger partial charge < -0.3 is 10.4 Å². The van der Waals surface area contributed by atoms with Crippen LogP contribution in [0.5, 0.6) is 0 Å². The first-order chi connectivity index (χ1) is 7.50. The maximum Gasteiger partial charge on any atom is 0.243 e. The van der Waals surface area contributed by atoms with Crippen molar-refractivity contribution >= 4 is 5.95 Å². The summed E-state index contributed by atoms with van der Waals surface area (Å²) in [6.07, 6.45) is 1.56. The molecule has 0 saturated heterocycles. The summed E-state index contributed by atoms with van der Waals surface area (Å²) in [5.41, 5.74) is 1.53. The second-order valence-corrected chi connectivity index (χ2v) is 4.32. The van der Waals surface area contributed by atoms with Crippen molar-refractivity contribution in [3.63, 3.8) is 0 Å². The lowest BCUT2D eigenvalue weighted by Crippen LogP contribution is -2.36. The zero-order valence-corrected chi connectivity index (χ0v) is 10.4. The Morgan fingerprint density at radius 3 is 2.44 bits per heavy atom. The zero-order valence-electron chi connectivity index (χ0n) is 10.4. The van der Waals surface area contributed by atoms with E-state index in [0.29, 0.717) is 12.4 Å². The second-order valence-electron chi connectivity index (χ2n) is 4.32. The summed E-state index contributed by atoms with van der Waals surface area (Å²) in [4.78, 5) is 4.32. The molecule has 0 fully saturated rings. The maximum absolute atomic E-state index is 9.01. The highest BCUT2D eigenvalue weighted by atomic mass is 16.3. The van der Waals surface area contributed by atoms with Gasteiger partial charge in [0.05, 0.1) is 11.4 Å². The molecule has 0 aliphatic heterocycles. The summed E-state index contributed by atoms with van der Waals surface area (Å²) in [5.74, 6) is 0.529. The second kappa shape index (κ2) is 5.21. The minimum atomic E-state index is -0.182. The van der Waals surface area contributed by atoms with E-state index >= 15 is 0 Å².